The predicted octanol–water partition coefficient (Wildman–Crippen LogP) is 4.91. The highest BCUT2D eigenvalue weighted by Gasteiger charge is 2.31. The van der Waals surface area contributed by atoms with Crippen LogP contribution in [0.1, 0.15) is 5.56 Å². The highest BCUT2D eigenvalue weighted by molar-refractivity contribution is 5.72. The number of alkyl halides is 3. The average molecular weight is 336 g/mol. The van der Waals surface area contributed by atoms with Gasteiger partial charge in [-0.2, -0.15) is 18.3 Å². The molecule has 24 heavy (non-hydrogen) atoms. The fourth-order valence-corrected chi connectivity index (χ4v) is 2.32. The van der Waals surface area contributed by atoms with Gasteiger partial charge in [0.05, 0.1) is 24.1 Å². The van der Waals surface area contributed by atoms with Gasteiger partial charge in [0.1, 0.15) is 11.6 Å². The van der Waals surface area contributed by atoms with Crippen molar-refractivity contribution in [2.45, 2.75) is 6.18 Å². The van der Waals surface area contributed by atoms with Crippen LogP contribution in [0.25, 0.3) is 22.5 Å². The average Bonchev–Trinajstić information content (AvgIpc) is 3.04. The molecule has 0 saturated carbocycles. The number of aromatic amines is 1. The van der Waals surface area contributed by atoms with Crippen molar-refractivity contribution in [3.05, 3.63) is 59.9 Å². The molecule has 1 aromatic heterocycles. The number of benzene rings is 2. The molecule has 0 atom stereocenters. The maximum atomic E-state index is 13.0. The van der Waals surface area contributed by atoms with Crippen LogP contribution in [0.3, 0.4) is 0 Å². The van der Waals surface area contributed by atoms with Crippen molar-refractivity contribution in [2.75, 3.05) is 7.11 Å². The number of H-pyrrole nitrogens is 1. The van der Waals surface area contributed by atoms with Gasteiger partial charge in [0.25, 0.3) is 0 Å². The molecule has 0 fully saturated rings. The van der Waals surface area contributed by atoms with E-state index in [2.05, 4.69) is 10.2 Å². The van der Waals surface area contributed by atoms with Crippen LogP contribution >= 0.6 is 0 Å². The molecule has 1 N–H and O–H groups in total. The van der Waals surface area contributed by atoms with E-state index < -0.39 is 11.7 Å². The molecule has 0 saturated heterocycles. The normalized spacial score (nSPS) is 11.5. The van der Waals surface area contributed by atoms with E-state index in [0.29, 0.717) is 22.5 Å². The molecule has 124 valence electrons. The van der Waals surface area contributed by atoms with Crippen LogP contribution in [0, 0.1) is 5.82 Å². The largest absolute Gasteiger partial charge is 0.496 e. The summed E-state index contributed by atoms with van der Waals surface area (Å²) in [5.74, 6) is -0.280. The van der Waals surface area contributed by atoms with Gasteiger partial charge in [0, 0.05) is 11.1 Å². The Balaban J connectivity index is 1.99. The molecule has 2 aromatic carbocycles. The lowest BCUT2D eigenvalue weighted by Crippen LogP contribution is -2.05. The number of nitrogens with one attached hydrogen (secondary N) is 1. The lowest BCUT2D eigenvalue weighted by Gasteiger charge is -2.11. The van der Waals surface area contributed by atoms with Crippen molar-refractivity contribution >= 4 is 0 Å². The molecule has 0 amide bonds. The Labute approximate surface area is 134 Å². The maximum absolute atomic E-state index is 13.0. The van der Waals surface area contributed by atoms with Crippen molar-refractivity contribution < 1.29 is 22.3 Å². The zero-order valence-corrected chi connectivity index (χ0v) is 12.5. The van der Waals surface area contributed by atoms with E-state index in [0.717, 1.165) is 12.1 Å². The summed E-state index contributed by atoms with van der Waals surface area (Å²) in [4.78, 5) is 0. The van der Waals surface area contributed by atoms with Gasteiger partial charge in [-0.1, -0.05) is 0 Å². The summed E-state index contributed by atoms with van der Waals surface area (Å²) in [5.41, 5.74) is 1.39. The first-order valence-electron chi connectivity index (χ1n) is 6.95. The zero-order valence-electron chi connectivity index (χ0n) is 12.5. The summed E-state index contributed by atoms with van der Waals surface area (Å²) in [7, 11) is 1.30. The van der Waals surface area contributed by atoms with Crippen LogP contribution < -0.4 is 4.74 Å². The molecule has 0 spiro atoms. The second kappa shape index (κ2) is 5.99. The second-order valence-electron chi connectivity index (χ2n) is 5.09. The molecule has 3 aromatic rings. The third-order valence-electron chi connectivity index (χ3n) is 3.54. The summed E-state index contributed by atoms with van der Waals surface area (Å²) in [6, 6.07) is 10.7. The van der Waals surface area contributed by atoms with Gasteiger partial charge >= 0.3 is 6.18 Å². The third kappa shape index (κ3) is 3.10. The molecule has 3 nitrogen and oxygen atoms in total. The second-order valence-corrected chi connectivity index (χ2v) is 5.09. The minimum Gasteiger partial charge on any atom is -0.496 e. The Morgan fingerprint density at radius 3 is 2.33 bits per heavy atom. The standard InChI is InChI=1S/C17H12F4N2O/c1-24-16-8-11(17(19,20)21)4-7-13(16)15-9-14(22-23-15)10-2-5-12(18)6-3-10/h2-9H,1H3,(H,22,23). The number of aromatic nitrogens is 2. The first kappa shape index (κ1) is 16.0. The van der Waals surface area contributed by atoms with Gasteiger partial charge in [0.15, 0.2) is 0 Å². The van der Waals surface area contributed by atoms with Gasteiger partial charge in [-0.3, -0.25) is 5.10 Å². The topological polar surface area (TPSA) is 37.9 Å². The van der Waals surface area contributed by atoms with E-state index in [1.807, 2.05) is 0 Å². The molecular formula is C17H12F4N2O. The van der Waals surface area contributed by atoms with E-state index in [-0.39, 0.29) is 11.6 Å². The summed E-state index contributed by atoms with van der Waals surface area (Å²) >= 11 is 0. The van der Waals surface area contributed by atoms with E-state index in [1.54, 1.807) is 18.2 Å². The molecule has 3 rings (SSSR count). The molecule has 1 heterocycles. The number of hydrogen-bond acceptors (Lipinski definition) is 2. The van der Waals surface area contributed by atoms with Crippen molar-refractivity contribution in [3.63, 3.8) is 0 Å². The first-order chi connectivity index (χ1) is 11.4. The van der Waals surface area contributed by atoms with Gasteiger partial charge < -0.3 is 4.74 Å². The lowest BCUT2D eigenvalue weighted by atomic mass is 10.1. The Hall–Kier alpha value is -2.83. The minimum absolute atomic E-state index is 0.0825. The Bertz CT molecular complexity index is 854. The van der Waals surface area contributed by atoms with Crippen molar-refractivity contribution in [1.82, 2.24) is 10.2 Å². The van der Waals surface area contributed by atoms with E-state index in [9.17, 15) is 17.6 Å². The van der Waals surface area contributed by atoms with Crippen LogP contribution in [0.15, 0.2) is 48.5 Å². The maximum Gasteiger partial charge on any atom is 0.416 e. The highest BCUT2D eigenvalue weighted by atomic mass is 19.4. The van der Waals surface area contributed by atoms with Crippen LogP contribution in [-0.2, 0) is 6.18 Å². The zero-order chi connectivity index (χ0) is 17.3. The predicted molar refractivity (Wildman–Crippen MR) is 81.0 cm³/mol. The number of nitrogens with zero attached hydrogens (tertiary/aromatic N) is 1. The minimum atomic E-state index is -4.45. The summed E-state index contributed by atoms with van der Waals surface area (Å²) < 4.78 is 56.4. The van der Waals surface area contributed by atoms with Crippen molar-refractivity contribution in [3.8, 4) is 28.3 Å². The van der Waals surface area contributed by atoms with Crippen LogP contribution in [0.2, 0.25) is 0 Å². The molecule has 0 radical (unpaired) electrons. The fraction of sp³-hybridized carbons (Fsp3) is 0.118. The summed E-state index contributed by atoms with van der Waals surface area (Å²) in [6.45, 7) is 0. The molecular weight excluding hydrogens is 324 g/mol. The lowest BCUT2D eigenvalue weighted by molar-refractivity contribution is -0.137. The van der Waals surface area contributed by atoms with E-state index in [1.165, 1.54) is 25.3 Å². The number of hydrogen-bond donors (Lipinski definition) is 1. The SMILES string of the molecule is COc1cc(C(F)(F)F)ccc1-c1cc(-c2ccc(F)cc2)n[nH]1. The first-order valence-corrected chi connectivity index (χ1v) is 6.95. The van der Waals surface area contributed by atoms with Crippen LogP contribution in [0.4, 0.5) is 17.6 Å². The van der Waals surface area contributed by atoms with Crippen LogP contribution in [0.5, 0.6) is 5.75 Å². The molecule has 0 bridgehead atoms. The van der Waals surface area contributed by atoms with E-state index in [4.69, 9.17) is 4.74 Å². The van der Waals surface area contributed by atoms with Gasteiger partial charge in [-0.15, -0.1) is 0 Å². The van der Waals surface area contributed by atoms with Crippen molar-refractivity contribution in [1.29, 1.82) is 0 Å². The quantitative estimate of drug-likeness (QED) is 0.690. The summed E-state index contributed by atoms with van der Waals surface area (Å²) in [5, 5.41) is 6.88. The molecule has 0 unspecified atom stereocenters. The Morgan fingerprint density at radius 1 is 1.00 bits per heavy atom. The van der Waals surface area contributed by atoms with Gasteiger partial charge in [0.2, 0.25) is 0 Å². The van der Waals surface area contributed by atoms with Crippen molar-refractivity contribution in [2.24, 2.45) is 0 Å². The molecule has 0 aliphatic rings. The monoisotopic (exact) mass is 336 g/mol. The third-order valence-corrected chi connectivity index (χ3v) is 3.54. The Kier molecular flexibility index (Phi) is 4.01. The summed E-state index contributed by atoms with van der Waals surface area (Å²) in [6.07, 6.45) is -4.45. The molecule has 0 aliphatic heterocycles. The number of halogens is 4. The molecule has 0 aliphatic carbocycles. The highest BCUT2D eigenvalue weighted by Crippen LogP contribution is 2.37. The van der Waals surface area contributed by atoms with E-state index >= 15 is 0 Å². The van der Waals surface area contributed by atoms with Gasteiger partial charge in [-0.05, 0) is 48.5 Å². The Morgan fingerprint density at radius 2 is 1.71 bits per heavy atom. The number of ether oxygens (including phenoxy) is 1. The smallest absolute Gasteiger partial charge is 0.416 e. The number of methoxy groups -OCH3 is 1. The molecule has 7 heteroatoms. The van der Waals surface area contributed by atoms with Crippen LogP contribution in [-0.4, -0.2) is 17.3 Å². The number of rotatable bonds is 3. The fourth-order valence-electron chi connectivity index (χ4n) is 2.32. The van der Waals surface area contributed by atoms with Gasteiger partial charge in [-0.25, -0.2) is 4.39 Å².